The van der Waals surface area contributed by atoms with Gasteiger partial charge in [-0.25, -0.2) is 0 Å². The molecule has 2 aromatic heterocycles. The van der Waals surface area contributed by atoms with E-state index in [2.05, 4.69) is 47.1 Å². The van der Waals surface area contributed by atoms with Crippen molar-refractivity contribution in [3.8, 4) is 0 Å². The Hall–Kier alpha value is -1.07. The summed E-state index contributed by atoms with van der Waals surface area (Å²) in [5, 5.41) is 7.93. The SMILES string of the molecule is CCNC(c1ccoc1CC)c1c(Br)cnn1CC. The summed E-state index contributed by atoms with van der Waals surface area (Å²) in [7, 11) is 0. The number of halogens is 1. The van der Waals surface area contributed by atoms with Gasteiger partial charge in [-0.2, -0.15) is 5.10 Å². The fourth-order valence-corrected chi connectivity index (χ4v) is 2.89. The first-order valence-electron chi connectivity index (χ1n) is 6.73. The first-order valence-corrected chi connectivity index (χ1v) is 7.52. The van der Waals surface area contributed by atoms with Gasteiger partial charge in [-0.1, -0.05) is 13.8 Å². The van der Waals surface area contributed by atoms with Crippen LogP contribution in [0.15, 0.2) is 27.4 Å². The summed E-state index contributed by atoms with van der Waals surface area (Å²) in [5.41, 5.74) is 2.35. The Kier molecular flexibility index (Phi) is 4.82. The van der Waals surface area contributed by atoms with E-state index in [4.69, 9.17) is 4.42 Å². The van der Waals surface area contributed by atoms with Gasteiger partial charge < -0.3 is 9.73 Å². The second-order valence-electron chi connectivity index (χ2n) is 4.34. The number of rotatable bonds is 6. The maximum atomic E-state index is 5.57. The van der Waals surface area contributed by atoms with E-state index in [1.807, 2.05) is 16.9 Å². The lowest BCUT2D eigenvalue weighted by Crippen LogP contribution is -2.25. The monoisotopic (exact) mass is 325 g/mol. The number of aromatic nitrogens is 2. The highest BCUT2D eigenvalue weighted by molar-refractivity contribution is 9.10. The molecule has 1 unspecified atom stereocenters. The third kappa shape index (κ3) is 2.77. The van der Waals surface area contributed by atoms with Crippen molar-refractivity contribution in [2.45, 2.75) is 39.8 Å². The van der Waals surface area contributed by atoms with Crippen LogP contribution in [0.5, 0.6) is 0 Å². The zero-order valence-corrected chi connectivity index (χ0v) is 13.2. The summed E-state index contributed by atoms with van der Waals surface area (Å²) in [5.74, 6) is 1.03. The van der Waals surface area contributed by atoms with E-state index in [0.29, 0.717) is 0 Å². The van der Waals surface area contributed by atoms with Gasteiger partial charge in [0.1, 0.15) is 5.76 Å². The molecule has 0 radical (unpaired) electrons. The highest BCUT2D eigenvalue weighted by atomic mass is 79.9. The predicted molar refractivity (Wildman–Crippen MR) is 79.2 cm³/mol. The standard InChI is InChI=1S/C14H20BrN3O/c1-4-12-10(7-8-19-12)13(16-5-2)14-11(15)9-17-18(14)6-3/h7-9,13,16H,4-6H2,1-3H3. The molecule has 4 nitrogen and oxygen atoms in total. The predicted octanol–water partition coefficient (Wildman–Crippen LogP) is 3.52. The molecule has 1 atom stereocenters. The number of nitrogens with zero attached hydrogens (tertiary/aromatic N) is 2. The Morgan fingerprint density at radius 1 is 1.42 bits per heavy atom. The molecule has 5 heteroatoms. The van der Waals surface area contributed by atoms with Crippen molar-refractivity contribution in [3.05, 3.63) is 40.0 Å². The second kappa shape index (κ2) is 6.39. The van der Waals surface area contributed by atoms with Crippen molar-refractivity contribution in [2.75, 3.05) is 6.54 Å². The zero-order chi connectivity index (χ0) is 13.8. The number of furan rings is 1. The first kappa shape index (κ1) is 14.3. The average Bonchev–Trinajstić information content (AvgIpc) is 3.02. The Labute approximate surface area is 122 Å². The molecule has 0 fully saturated rings. The molecule has 0 aliphatic rings. The minimum Gasteiger partial charge on any atom is -0.469 e. The van der Waals surface area contributed by atoms with Gasteiger partial charge in [0.15, 0.2) is 0 Å². The van der Waals surface area contributed by atoms with Gasteiger partial charge >= 0.3 is 0 Å². The molecule has 2 heterocycles. The Bertz CT molecular complexity index is 533. The van der Waals surface area contributed by atoms with E-state index in [1.165, 1.54) is 5.56 Å². The third-order valence-electron chi connectivity index (χ3n) is 3.23. The lowest BCUT2D eigenvalue weighted by Gasteiger charge is -2.20. The second-order valence-corrected chi connectivity index (χ2v) is 5.19. The molecule has 0 aromatic carbocycles. The van der Waals surface area contributed by atoms with Gasteiger partial charge in [-0.3, -0.25) is 4.68 Å². The number of aryl methyl sites for hydroxylation is 2. The average molecular weight is 326 g/mol. The summed E-state index contributed by atoms with van der Waals surface area (Å²) >= 11 is 3.61. The van der Waals surface area contributed by atoms with Crippen molar-refractivity contribution in [3.63, 3.8) is 0 Å². The Balaban J connectivity index is 2.48. The largest absolute Gasteiger partial charge is 0.469 e. The van der Waals surface area contributed by atoms with Gasteiger partial charge in [-0.05, 0) is 35.5 Å². The van der Waals surface area contributed by atoms with Crippen LogP contribution in [0, 0.1) is 0 Å². The van der Waals surface area contributed by atoms with Gasteiger partial charge in [0.05, 0.1) is 28.7 Å². The minimum absolute atomic E-state index is 0.107. The van der Waals surface area contributed by atoms with Crippen LogP contribution in [0.2, 0.25) is 0 Å². The summed E-state index contributed by atoms with van der Waals surface area (Å²) in [6, 6.07) is 2.15. The van der Waals surface area contributed by atoms with Crippen LogP contribution in [0.4, 0.5) is 0 Å². The molecule has 0 bridgehead atoms. The van der Waals surface area contributed by atoms with Crippen LogP contribution in [-0.4, -0.2) is 16.3 Å². The lowest BCUT2D eigenvalue weighted by atomic mass is 10.0. The van der Waals surface area contributed by atoms with Crippen molar-refractivity contribution in [1.29, 1.82) is 0 Å². The molecule has 0 saturated heterocycles. The highest BCUT2D eigenvalue weighted by Crippen LogP contribution is 2.31. The molecule has 0 aliphatic heterocycles. The van der Waals surface area contributed by atoms with E-state index < -0.39 is 0 Å². The van der Waals surface area contributed by atoms with Crippen molar-refractivity contribution in [2.24, 2.45) is 0 Å². The molecule has 1 N–H and O–H groups in total. The molecule has 2 rings (SSSR count). The van der Waals surface area contributed by atoms with Crippen molar-refractivity contribution < 1.29 is 4.42 Å². The summed E-state index contributed by atoms with van der Waals surface area (Å²) in [6.45, 7) is 8.06. The molecule has 0 amide bonds. The van der Waals surface area contributed by atoms with Crippen LogP contribution in [0.1, 0.15) is 43.8 Å². The van der Waals surface area contributed by atoms with Gasteiger partial charge in [0.25, 0.3) is 0 Å². The molecule has 0 saturated carbocycles. The molecule has 0 spiro atoms. The zero-order valence-electron chi connectivity index (χ0n) is 11.6. The van der Waals surface area contributed by atoms with Crippen LogP contribution < -0.4 is 5.32 Å². The van der Waals surface area contributed by atoms with E-state index >= 15 is 0 Å². The Morgan fingerprint density at radius 2 is 2.21 bits per heavy atom. The molecule has 0 aliphatic carbocycles. The first-order chi connectivity index (χ1) is 9.22. The topological polar surface area (TPSA) is 43.0 Å². The number of hydrogen-bond acceptors (Lipinski definition) is 3. The molecular formula is C14H20BrN3O. The maximum Gasteiger partial charge on any atom is 0.108 e. The van der Waals surface area contributed by atoms with Crippen LogP contribution in [0.3, 0.4) is 0 Å². The number of nitrogens with one attached hydrogen (secondary N) is 1. The highest BCUT2D eigenvalue weighted by Gasteiger charge is 2.24. The van der Waals surface area contributed by atoms with Crippen LogP contribution in [0.25, 0.3) is 0 Å². The molecule has 2 aromatic rings. The van der Waals surface area contributed by atoms with Crippen molar-refractivity contribution in [1.82, 2.24) is 15.1 Å². The van der Waals surface area contributed by atoms with E-state index in [1.54, 1.807) is 6.26 Å². The quantitative estimate of drug-likeness (QED) is 0.883. The van der Waals surface area contributed by atoms with Gasteiger partial charge in [0.2, 0.25) is 0 Å². The van der Waals surface area contributed by atoms with Gasteiger partial charge in [0, 0.05) is 18.5 Å². The smallest absolute Gasteiger partial charge is 0.108 e. The summed E-state index contributed by atoms with van der Waals surface area (Å²) in [6.07, 6.45) is 4.51. The fourth-order valence-electron chi connectivity index (χ4n) is 2.36. The fraction of sp³-hybridized carbons (Fsp3) is 0.500. The summed E-state index contributed by atoms with van der Waals surface area (Å²) in [4.78, 5) is 0. The minimum atomic E-state index is 0.107. The maximum absolute atomic E-state index is 5.57. The molecule has 19 heavy (non-hydrogen) atoms. The summed E-state index contributed by atoms with van der Waals surface area (Å²) < 4.78 is 8.62. The lowest BCUT2D eigenvalue weighted by molar-refractivity contribution is 0.491. The van der Waals surface area contributed by atoms with Crippen LogP contribution >= 0.6 is 15.9 Å². The van der Waals surface area contributed by atoms with E-state index in [9.17, 15) is 0 Å². The molecular weight excluding hydrogens is 306 g/mol. The van der Waals surface area contributed by atoms with E-state index in [-0.39, 0.29) is 6.04 Å². The third-order valence-corrected chi connectivity index (χ3v) is 3.84. The number of hydrogen-bond donors (Lipinski definition) is 1. The normalized spacial score (nSPS) is 12.8. The van der Waals surface area contributed by atoms with Gasteiger partial charge in [-0.15, -0.1) is 0 Å². The Morgan fingerprint density at radius 3 is 2.84 bits per heavy atom. The van der Waals surface area contributed by atoms with E-state index in [0.717, 1.165) is 35.4 Å². The van der Waals surface area contributed by atoms with Crippen molar-refractivity contribution >= 4 is 15.9 Å². The van der Waals surface area contributed by atoms with Crippen LogP contribution in [-0.2, 0) is 13.0 Å². The molecule has 104 valence electrons.